The molecule has 0 aromatic heterocycles. The third kappa shape index (κ3) is 10.1. The molecular formula is C32H38F3N3O4S. The zero-order valence-corrected chi connectivity index (χ0v) is 25.4. The smallest absolute Gasteiger partial charge is 0.352 e. The second-order valence-electron chi connectivity index (χ2n) is 10.5. The molecule has 3 aromatic rings. The summed E-state index contributed by atoms with van der Waals surface area (Å²) < 4.78 is 65.9. The van der Waals surface area contributed by atoms with Gasteiger partial charge in [-0.05, 0) is 49.1 Å². The molecule has 232 valence electrons. The summed E-state index contributed by atoms with van der Waals surface area (Å²) in [5, 5.41) is 2.99. The van der Waals surface area contributed by atoms with Crippen LogP contribution in [0.3, 0.4) is 0 Å². The van der Waals surface area contributed by atoms with E-state index in [0.717, 1.165) is 39.9 Å². The first kappa shape index (κ1) is 33.6. The van der Waals surface area contributed by atoms with Gasteiger partial charge in [-0.25, -0.2) is 8.42 Å². The van der Waals surface area contributed by atoms with Crippen LogP contribution in [-0.2, 0) is 38.8 Å². The second kappa shape index (κ2) is 15.0. The molecule has 0 unspecified atom stereocenters. The highest BCUT2D eigenvalue weighted by atomic mass is 32.2. The highest BCUT2D eigenvalue weighted by Gasteiger charge is 2.33. The Morgan fingerprint density at radius 2 is 1.51 bits per heavy atom. The van der Waals surface area contributed by atoms with E-state index in [2.05, 4.69) is 5.32 Å². The number of hydrogen-bond donors (Lipinski definition) is 1. The van der Waals surface area contributed by atoms with E-state index in [-0.39, 0.29) is 55.9 Å². The van der Waals surface area contributed by atoms with Crippen molar-refractivity contribution in [1.82, 2.24) is 10.2 Å². The Morgan fingerprint density at radius 1 is 0.907 bits per heavy atom. The molecule has 7 nitrogen and oxygen atoms in total. The molecule has 11 heteroatoms. The SMILES string of the molecule is CC[C@H](C)NC(=O)[C@H](Cc1ccccc1)N(Cc1ccccc1)C(=O)CCCN(c1cccc(C(F)(F)F)c1)S(C)(=O)=O. The number of benzene rings is 3. The zero-order chi connectivity index (χ0) is 31.6. The van der Waals surface area contributed by atoms with Crippen LogP contribution in [0, 0.1) is 0 Å². The Hall–Kier alpha value is -3.86. The van der Waals surface area contributed by atoms with E-state index in [9.17, 15) is 31.2 Å². The lowest BCUT2D eigenvalue weighted by Gasteiger charge is -2.32. The molecule has 0 aliphatic heterocycles. The number of amides is 2. The molecule has 0 radical (unpaired) electrons. The Bertz CT molecular complexity index is 1450. The zero-order valence-electron chi connectivity index (χ0n) is 24.5. The largest absolute Gasteiger partial charge is 0.416 e. The number of sulfonamides is 1. The monoisotopic (exact) mass is 617 g/mol. The van der Waals surface area contributed by atoms with Crippen molar-refractivity contribution < 1.29 is 31.2 Å². The van der Waals surface area contributed by atoms with E-state index in [0.29, 0.717) is 6.42 Å². The van der Waals surface area contributed by atoms with Gasteiger partial charge in [-0.2, -0.15) is 13.2 Å². The summed E-state index contributed by atoms with van der Waals surface area (Å²) in [5.74, 6) is -0.675. The molecule has 2 atom stereocenters. The van der Waals surface area contributed by atoms with Crippen molar-refractivity contribution in [2.24, 2.45) is 0 Å². The Balaban J connectivity index is 1.88. The van der Waals surface area contributed by atoms with Crippen LogP contribution in [0.2, 0.25) is 0 Å². The summed E-state index contributed by atoms with van der Waals surface area (Å²) in [7, 11) is -3.96. The molecule has 0 spiro atoms. The van der Waals surface area contributed by atoms with Crippen molar-refractivity contribution in [2.45, 2.75) is 64.3 Å². The molecule has 3 rings (SSSR count). The number of hydrogen-bond acceptors (Lipinski definition) is 4. The average molecular weight is 618 g/mol. The molecule has 0 bridgehead atoms. The lowest BCUT2D eigenvalue weighted by Crippen LogP contribution is -2.52. The van der Waals surface area contributed by atoms with E-state index in [4.69, 9.17) is 0 Å². The lowest BCUT2D eigenvalue weighted by atomic mass is 10.0. The summed E-state index contributed by atoms with van der Waals surface area (Å²) in [4.78, 5) is 28.9. The van der Waals surface area contributed by atoms with Gasteiger partial charge in [-0.15, -0.1) is 0 Å². The van der Waals surface area contributed by atoms with Crippen molar-refractivity contribution >= 4 is 27.5 Å². The van der Waals surface area contributed by atoms with Gasteiger partial charge in [0.25, 0.3) is 0 Å². The number of nitrogens with zero attached hydrogens (tertiary/aromatic N) is 2. The molecule has 3 aromatic carbocycles. The third-order valence-electron chi connectivity index (χ3n) is 7.08. The number of rotatable bonds is 14. The summed E-state index contributed by atoms with van der Waals surface area (Å²) in [6.45, 7) is 3.76. The number of halogens is 3. The fourth-order valence-corrected chi connectivity index (χ4v) is 5.57. The van der Waals surface area contributed by atoms with Crippen LogP contribution in [0.25, 0.3) is 0 Å². The second-order valence-corrected chi connectivity index (χ2v) is 12.4. The normalized spacial score (nSPS) is 13.2. The minimum absolute atomic E-state index is 0.0263. The third-order valence-corrected chi connectivity index (χ3v) is 8.28. The molecule has 0 heterocycles. The standard InChI is InChI=1S/C32H38F3N3O4S/c1-4-24(2)36-31(40)29(21-25-13-7-5-8-14-25)37(23-26-15-9-6-10-16-26)30(39)19-12-20-38(43(3,41)42)28-18-11-17-27(22-28)32(33,34)35/h5-11,13-18,22,24,29H,4,12,19-21,23H2,1-3H3,(H,36,40)/t24-,29-/m0/s1. The van der Waals surface area contributed by atoms with Crippen molar-refractivity contribution in [1.29, 1.82) is 0 Å². The van der Waals surface area contributed by atoms with Gasteiger partial charge in [0.1, 0.15) is 6.04 Å². The van der Waals surface area contributed by atoms with E-state index in [1.165, 1.54) is 11.0 Å². The summed E-state index contributed by atoms with van der Waals surface area (Å²) in [6, 6.07) is 21.7. The summed E-state index contributed by atoms with van der Waals surface area (Å²) in [5.41, 5.74) is 0.568. The Morgan fingerprint density at radius 3 is 2.07 bits per heavy atom. The van der Waals surface area contributed by atoms with Gasteiger partial charge in [0.2, 0.25) is 21.8 Å². The number of alkyl halides is 3. The highest BCUT2D eigenvalue weighted by molar-refractivity contribution is 7.92. The molecule has 0 saturated carbocycles. The van der Waals surface area contributed by atoms with Gasteiger partial charge in [-0.3, -0.25) is 13.9 Å². The average Bonchev–Trinajstić information content (AvgIpc) is 2.97. The van der Waals surface area contributed by atoms with E-state index >= 15 is 0 Å². The lowest BCUT2D eigenvalue weighted by molar-refractivity contribution is -0.141. The predicted octanol–water partition coefficient (Wildman–Crippen LogP) is 5.81. The molecule has 0 aliphatic rings. The van der Waals surface area contributed by atoms with Crippen LogP contribution in [-0.4, -0.2) is 50.0 Å². The molecule has 0 saturated heterocycles. The summed E-state index contributed by atoms with van der Waals surface area (Å²) >= 11 is 0. The van der Waals surface area contributed by atoms with Crippen LogP contribution >= 0.6 is 0 Å². The van der Waals surface area contributed by atoms with Crippen molar-refractivity contribution in [3.8, 4) is 0 Å². The number of carbonyl (C=O) groups excluding carboxylic acids is 2. The van der Waals surface area contributed by atoms with Crippen LogP contribution in [0.4, 0.5) is 18.9 Å². The van der Waals surface area contributed by atoms with E-state index < -0.39 is 27.8 Å². The highest BCUT2D eigenvalue weighted by Crippen LogP contribution is 2.32. The maximum atomic E-state index is 13.8. The van der Waals surface area contributed by atoms with Crippen LogP contribution in [0.1, 0.15) is 49.8 Å². The topological polar surface area (TPSA) is 86.8 Å². The van der Waals surface area contributed by atoms with Gasteiger partial charge in [0, 0.05) is 32.0 Å². The van der Waals surface area contributed by atoms with E-state index in [1.54, 1.807) is 0 Å². The number of nitrogens with one attached hydrogen (secondary N) is 1. The molecule has 1 N–H and O–H groups in total. The van der Waals surface area contributed by atoms with Gasteiger partial charge in [-0.1, -0.05) is 73.7 Å². The van der Waals surface area contributed by atoms with E-state index in [1.807, 2.05) is 74.5 Å². The number of anilines is 1. The Labute approximate surface area is 251 Å². The van der Waals surface area contributed by atoms with Crippen molar-refractivity contribution in [3.05, 3.63) is 102 Å². The van der Waals surface area contributed by atoms with Crippen molar-refractivity contribution in [3.63, 3.8) is 0 Å². The van der Waals surface area contributed by atoms with Crippen LogP contribution in [0.15, 0.2) is 84.9 Å². The fourth-order valence-electron chi connectivity index (χ4n) is 4.62. The maximum Gasteiger partial charge on any atom is 0.416 e. The first-order chi connectivity index (χ1) is 20.3. The van der Waals surface area contributed by atoms with Crippen LogP contribution < -0.4 is 9.62 Å². The predicted molar refractivity (Wildman–Crippen MR) is 162 cm³/mol. The maximum absolute atomic E-state index is 13.8. The van der Waals surface area contributed by atoms with Gasteiger partial charge in [0.15, 0.2) is 0 Å². The fraction of sp³-hybridized carbons (Fsp3) is 0.375. The minimum atomic E-state index is -4.64. The van der Waals surface area contributed by atoms with Crippen molar-refractivity contribution in [2.75, 3.05) is 17.1 Å². The van der Waals surface area contributed by atoms with Gasteiger partial charge >= 0.3 is 6.18 Å². The van der Waals surface area contributed by atoms with Gasteiger partial charge in [0.05, 0.1) is 17.5 Å². The molecular weight excluding hydrogens is 579 g/mol. The van der Waals surface area contributed by atoms with Gasteiger partial charge < -0.3 is 10.2 Å². The molecule has 0 fully saturated rings. The summed E-state index contributed by atoms with van der Waals surface area (Å²) in [6.07, 6.45) is -2.87. The molecule has 2 amide bonds. The first-order valence-corrected chi connectivity index (χ1v) is 16.0. The van der Waals surface area contributed by atoms with Crippen LogP contribution in [0.5, 0.6) is 0 Å². The molecule has 43 heavy (non-hydrogen) atoms. The Kier molecular flexibility index (Phi) is 11.8. The number of carbonyl (C=O) groups is 2. The quantitative estimate of drug-likeness (QED) is 0.248. The minimum Gasteiger partial charge on any atom is -0.352 e. The first-order valence-electron chi connectivity index (χ1n) is 14.1. The molecule has 0 aliphatic carbocycles.